The Balaban J connectivity index is 2.11. The summed E-state index contributed by atoms with van der Waals surface area (Å²) in [5.74, 6) is 0. The van der Waals surface area contributed by atoms with Gasteiger partial charge in [0.25, 0.3) is 0 Å². The average molecular weight is 187 g/mol. The van der Waals surface area contributed by atoms with Crippen molar-refractivity contribution in [2.24, 2.45) is 5.73 Å². The molecule has 4 heteroatoms. The molecule has 0 saturated heterocycles. The first kappa shape index (κ1) is 10.3. The van der Waals surface area contributed by atoms with Gasteiger partial charge in [-0.3, -0.25) is 0 Å². The highest BCUT2D eigenvalue weighted by Gasteiger charge is 2.17. The van der Waals surface area contributed by atoms with Crippen LogP contribution in [0.4, 0.5) is 4.79 Å². The molecule has 1 saturated carbocycles. The first-order valence-corrected chi connectivity index (χ1v) is 4.86. The van der Waals surface area contributed by atoms with Crippen LogP contribution in [0.1, 0.15) is 32.1 Å². The van der Waals surface area contributed by atoms with Gasteiger partial charge >= 0.3 is 6.16 Å². The Morgan fingerprint density at radius 1 is 1.31 bits per heavy atom. The lowest BCUT2D eigenvalue weighted by Gasteiger charge is -2.21. The number of hydrogen-bond donors (Lipinski definition) is 1. The number of carbonyl (C=O) groups is 1. The van der Waals surface area contributed by atoms with Crippen molar-refractivity contribution in [2.75, 3.05) is 13.2 Å². The monoisotopic (exact) mass is 187 g/mol. The molecule has 0 atom stereocenters. The zero-order valence-electron chi connectivity index (χ0n) is 7.83. The van der Waals surface area contributed by atoms with Crippen molar-refractivity contribution in [1.82, 2.24) is 0 Å². The predicted molar refractivity (Wildman–Crippen MR) is 48.4 cm³/mol. The summed E-state index contributed by atoms with van der Waals surface area (Å²) in [4.78, 5) is 11.0. The van der Waals surface area contributed by atoms with Crippen LogP contribution < -0.4 is 5.73 Å². The third-order valence-corrected chi connectivity index (χ3v) is 2.15. The summed E-state index contributed by atoms with van der Waals surface area (Å²) in [6, 6.07) is 0. The number of hydrogen-bond acceptors (Lipinski definition) is 4. The third kappa shape index (κ3) is 4.12. The van der Waals surface area contributed by atoms with E-state index in [9.17, 15) is 4.79 Å². The van der Waals surface area contributed by atoms with Crippen LogP contribution in [0.3, 0.4) is 0 Å². The minimum Gasteiger partial charge on any atom is -0.433 e. The molecule has 0 aromatic rings. The Bertz CT molecular complexity index is 155. The van der Waals surface area contributed by atoms with Gasteiger partial charge in [0.15, 0.2) is 0 Å². The number of carbonyl (C=O) groups excluding carboxylic acids is 1. The Hall–Kier alpha value is -0.770. The van der Waals surface area contributed by atoms with Crippen LogP contribution in [0.25, 0.3) is 0 Å². The molecule has 13 heavy (non-hydrogen) atoms. The molecule has 1 aliphatic carbocycles. The Kier molecular flexibility index (Phi) is 4.60. The Morgan fingerprint density at radius 2 is 2.00 bits per heavy atom. The van der Waals surface area contributed by atoms with Crippen LogP contribution in [-0.4, -0.2) is 25.4 Å². The van der Waals surface area contributed by atoms with Crippen molar-refractivity contribution < 1.29 is 14.3 Å². The molecular weight excluding hydrogens is 170 g/mol. The van der Waals surface area contributed by atoms with E-state index in [2.05, 4.69) is 0 Å². The topological polar surface area (TPSA) is 61.5 Å². The largest absolute Gasteiger partial charge is 0.508 e. The maximum absolute atomic E-state index is 11.0. The molecule has 0 aromatic carbocycles. The van der Waals surface area contributed by atoms with Crippen molar-refractivity contribution in [3.63, 3.8) is 0 Å². The zero-order valence-corrected chi connectivity index (χ0v) is 7.83. The van der Waals surface area contributed by atoms with Gasteiger partial charge in [-0.25, -0.2) is 4.79 Å². The van der Waals surface area contributed by atoms with Gasteiger partial charge in [0.1, 0.15) is 12.7 Å². The smallest absolute Gasteiger partial charge is 0.433 e. The summed E-state index contributed by atoms with van der Waals surface area (Å²) < 4.78 is 9.78. The molecule has 0 heterocycles. The average Bonchev–Trinajstić information content (AvgIpc) is 2.16. The maximum atomic E-state index is 11.0. The van der Waals surface area contributed by atoms with Gasteiger partial charge in [-0.1, -0.05) is 6.42 Å². The van der Waals surface area contributed by atoms with Gasteiger partial charge in [0, 0.05) is 6.54 Å². The van der Waals surface area contributed by atoms with E-state index in [4.69, 9.17) is 15.2 Å². The van der Waals surface area contributed by atoms with E-state index in [1.54, 1.807) is 0 Å². The van der Waals surface area contributed by atoms with E-state index in [0.29, 0.717) is 6.54 Å². The summed E-state index contributed by atoms with van der Waals surface area (Å²) in [5.41, 5.74) is 5.18. The van der Waals surface area contributed by atoms with E-state index < -0.39 is 6.16 Å². The van der Waals surface area contributed by atoms with Gasteiger partial charge in [-0.15, -0.1) is 0 Å². The molecule has 4 nitrogen and oxygen atoms in total. The predicted octanol–water partition coefficient (Wildman–Crippen LogP) is 1.43. The lowest BCUT2D eigenvalue weighted by Crippen LogP contribution is -2.23. The second-order valence-electron chi connectivity index (χ2n) is 3.27. The van der Waals surface area contributed by atoms with Gasteiger partial charge in [0.05, 0.1) is 0 Å². The molecule has 0 amide bonds. The van der Waals surface area contributed by atoms with Crippen molar-refractivity contribution in [1.29, 1.82) is 0 Å². The lowest BCUT2D eigenvalue weighted by molar-refractivity contribution is 0.0127. The van der Waals surface area contributed by atoms with Crippen LogP contribution in [0.5, 0.6) is 0 Å². The molecule has 1 fully saturated rings. The summed E-state index contributed by atoms with van der Waals surface area (Å²) in [7, 11) is 0. The molecular formula is C9H17NO3. The van der Waals surface area contributed by atoms with E-state index in [1.807, 2.05) is 0 Å². The molecule has 0 spiro atoms. The lowest BCUT2D eigenvalue weighted by atomic mass is 9.98. The Labute approximate surface area is 78.4 Å². The molecule has 0 radical (unpaired) electrons. The van der Waals surface area contributed by atoms with Crippen molar-refractivity contribution in [2.45, 2.75) is 38.2 Å². The summed E-state index contributed by atoms with van der Waals surface area (Å²) in [6.45, 7) is 0.589. The van der Waals surface area contributed by atoms with Crippen LogP contribution >= 0.6 is 0 Å². The first-order valence-electron chi connectivity index (χ1n) is 4.86. The highest BCUT2D eigenvalue weighted by atomic mass is 16.7. The molecule has 1 aliphatic rings. The van der Waals surface area contributed by atoms with Crippen molar-refractivity contribution >= 4 is 6.16 Å². The third-order valence-electron chi connectivity index (χ3n) is 2.15. The Morgan fingerprint density at radius 3 is 2.62 bits per heavy atom. The van der Waals surface area contributed by atoms with Gasteiger partial charge in [-0.05, 0) is 25.7 Å². The molecule has 76 valence electrons. The fourth-order valence-electron chi connectivity index (χ4n) is 1.50. The van der Waals surface area contributed by atoms with Crippen molar-refractivity contribution in [3.05, 3.63) is 0 Å². The number of nitrogens with two attached hydrogens (primary N) is 1. The molecule has 0 unspecified atom stereocenters. The van der Waals surface area contributed by atoms with Gasteiger partial charge in [-0.2, -0.15) is 0 Å². The molecule has 1 rings (SSSR count). The minimum atomic E-state index is -0.572. The normalized spacial score (nSPS) is 18.2. The van der Waals surface area contributed by atoms with E-state index in [0.717, 1.165) is 25.7 Å². The van der Waals surface area contributed by atoms with Crippen molar-refractivity contribution in [3.8, 4) is 0 Å². The van der Waals surface area contributed by atoms with Crippen LogP contribution in [0.15, 0.2) is 0 Å². The number of ether oxygens (including phenoxy) is 2. The van der Waals surface area contributed by atoms with E-state index >= 15 is 0 Å². The van der Waals surface area contributed by atoms with E-state index in [1.165, 1.54) is 6.42 Å². The summed E-state index contributed by atoms with van der Waals surface area (Å²) in [6.07, 6.45) is 4.98. The molecule has 0 bridgehead atoms. The highest BCUT2D eigenvalue weighted by molar-refractivity contribution is 5.60. The first-order chi connectivity index (χ1) is 6.33. The zero-order chi connectivity index (χ0) is 9.52. The summed E-state index contributed by atoms with van der Waals surface area (Å²) in [5, 5.41) is 0. The van der Waals surface area contributed by atoms with Crippen LogP contribution in [0.2, 0.25) is 0 Å². The minimum absolute atomic E-state index is 0.0685. The fraction of sp³-hybridized carbons (Fsp3) is 0.889. The maximum Gasteiger partial charge on any atom is 0.508 e. The fourth-order valence-corrected chi connectivity index (χ4v) is 1.50. The summed E-state index contributed by atoms with van der Waals surface area (Å²) >= 11 is 0. The van der Waals surface area contributed by atoms with Gasteiger partial charge < -0.3 is 15.2 Å². The second-order valence-corrected chi connectivity index (χ2v) is 3.27. The number of rotatable bonds is 3. The highest BCUT2D eigenvalue weighted by Crippen LogP contribution is 2.20. The molecule has 0 aliphatic heterocycles. The van der Waals surface area contributed by atoms with Crippen LogP contribution in [-0.2, 0) is 9.47 Å². The standard InChI is InChI=1S/C9H17NO3/c10-6-7-12-9(11)13-8-4-2-1-3-5-8/h8H,1-7,10H2. The quantitative estimate of drug-likeness (QED) is 0.679. The SMILES string of the molecule is NCCOC(=O)OC1CCCCC1. The van der Waals surface area contributed by atoms with Gasteiger partial charge in [0.2, 0.25) is 0 Å². The molecule has 0 aromatic heterocycles. The van der Waals surface area contributed by atoms with E-state index in [-0.39, 0.29) is 12.7 Å². The second kappa shape index (κ2) is 5.80. The molecule has 2 N–H and O–H groups in total. The van der Waals surface area contributed by atoms with Crippen LogP contribution in [0, 0.1) is 0 Å².